The van der Waals surface area contributed by atoms with Crippen molar-refractivity contribution in [3.8, 4) is 0 Å². The lowest BCUT2D eigenvalue weighted by atomic mass is 10.1. The Kier molecular flexibility index (Phi) is 4.90. The van der Waals surface area contributed by atoms with E-state index in [1.165, 1.54) is 7.11 Å². The third-order valence-electron chi connectivity index (χ3n) is 3.18. The van der Waals surface area contributed by atoms with Crippen molar-refractivity contribution in [2.24, 2.45) is 0 Å². The van der Waals surface area contributed by atoms with Gasteiger partial charge in [0.25, 0.3) is 0 Å². The molecule has 1 N–H and O–H groups in total. The standard InChI is InChI=1S/C15H18N2O3/c1-20-15(19)7-6-12-2-4-13(5-3-12)9-17-11-16-8-14(17)10-18/h2-5,8,11,18H,6-7,9-10H2,1H3. The van der Waals surface area contributed by atoms with Crippen LogP contribution in [0, 0.1) is 0 Å². The van der Waals surface area contributed by atoms with Crippen LogP contribution in [0.25, 0.3) is 0 Å². The number of aromatic nitrogens is 2. The van der Waals surface area contributed by atoms with Gasteiger partial charge in [0.15, 0.2) is 0 Å². The lowest BCUT2D eigenvalue weighted by Crippen LogP contribution is -2.04. The maximum atomic E-state index is 11.1. The van der Waals surface area contributed by atoms with E-state index in [0.29, 0.717) is 19.4 Å². The number of imidazole rings is 1. The Labute approximate surface area is 117 Å². The summed E-state index contributed by atoms with van der Waals surface area (Å²) in [5, 5.41) is 9.17. The highest BCUT2D eigenvalue weighted by molar-refractivity contribution is 5.69. The first-order valence-corrected chi connectivity index (χ1v) is 6.47. The van der Waals surface area contributed by atoms with E-state index < -0.39 is 0 Å². The highest BCUT2D eigenvalue weighted by Crippen LogP contribution is 2.10. The number of aliphatic hydroxyl groups is 1. The first kappa shape index (κ1) is 14.3. The van der Waals surface area contributed by atoms with Gasteiger partial charge in [-0.05, 0) is 17.5 Å². The quantitative estimate of drug-likeness (QED) is 0.811. The lowest BCUT2D eigenvalue weighted by molar-refractivity contribution is -0.140. The van der Waals surface area contributed by atoms with Crippen molar-refractivity contribution in [1.29, 1.82) is 0 Å². The Balaban J connectivity index is 1.96. The van der Waals surface area contributed by atoms with Gasteiger partial charge in [-0.2, -0.15) is 0 Å². The molecule has 1 aromatic carbocycles. The molecule has 2 aromatic rings. The molecule has 0 atom stereocenters. The summed E-state index contributed by atoms with van der Waals surface area (Å²) in [6.07, 6.45) is 4.44. The molecule has 0 fully saturated rings. The van der Waals surface area contributed by atoms with E-state index in [1.807, 2.05) is 28.8 Å². The molecule has 0 aliphatic carbocycles. The third-order valence-corrected chi connectivity index (χ3v) is 3.18. The predicted molar refractivity (Wildman–Crippen MR) is 74.0 cm³/mol. The Morgan fingerprint density at radius 2 is 2.00 bits per heavy atom. The highest BCUT2D eigenvalue weighted by Gasteiger charge is 2.03. The molecule has 2 rings (SSSR count). The highest BCUT2D eigenvalue weighted by atomic mass is 16.5. The topological polar surface area (TPSA) is 64.4 Å². The number of nitrogens with zero attached hydrogens (tertiary/aromatic N) is 2. The normalized spacial score (nSPS) is 10.5. The van der Waals surface area contributed by atoms with Crippen molar-refractivity contribution >= 4 is 5.97 Å². The molecular weight excluding hydrogens is 256 g/mol. The number of benzene rings is 1. The van der Waals surface area contributed by atoms with Crippen LogP contribution in [-0.4, -0.2) is 27.7 Å². The van der Waals surface area contributed by atoms with Crippen LogP contribution in [-0.2, 0) is 29.1 Å². The largest absolute Gasteiger partial charge is 0.469 e. The zero-order chi connectivity index (χ0) is 14.4. The molecule has 1 heterocycles. The van der Waals surface area contributed by atoms with E-state index in [-0.39, 0.29) is 12.6 Å². The van der Waals surface area contributed by atoms with E-state index >= 15 is 0 Å². The molecule has 1 aromatic heterocycles. The van der Waals surface area contributed by atoms with Crippen LogP contribution in [0.4, 0.5) is 0 Å². The summed E-state index contributed by atoms with van der Waals surface area (Å²) in [4.78, 5) is 15.1. The average molecular weight is 274 g/mol. The number of aliphatic hydroxyl groups excluding tert-OH is 1. The summed E-state index contributed by atoms with van der Waals surface area (Å²) in [7, 11) is 1.40. The first-order chi connectivity index (χ1) is 9.72. The second-order valence-electron chi connectivity index (χ2n) is 4.56. The van der Waals surface area contributed by atoms with Gasteiger partial charge in [0.05, 0.1) is 31.9 Å². The summed E-state index contributed by atoms with van der Waals surface area (Å²) < 4.78 is 6.52. The van der Waals surface area contributed by atoms with Gasteiger partial charge in [-0.15, -0.1) is 0 Å². The molecule has 0 radical (unpaired) electrons. The first-order valence-electron chi connectivity index (χ1n) is 6.47. The van der Waals surface area contributed by atoms with E-state index in [0.717, 1.165) is 16.8 Å². The average Bonchev–Trinajstić information content (AvgIpc) is 2.93. The summed E-state index contributed by atoms with van der Waals surface area (Å²) in [5.41, 5.74) is 3.02. The Bertz CT molecular complexity index is 561. The van der Waals surface area contributed by atoms with Crippen LogP contribution >= 0.6 is 0 Å². The number of aryl methyl sites for hydroxylation is 1. The van der Waals surface area contributed by atoms with Crippen molar-refractivity contribution in [3.05, 3.63) is 53.6 Å². The number of hydrogen-bond donors (Lipinski definition) is 1. The van der Waals surface area contributed by atoms with Crippen LogP contribution in [0.2, 0.25) is 0 Å². The number of carbonyl (C=O) groups excluding carboxylic acids is 1. The van der Waals surface area contributed by atoms with Crippen LogP contribution < -0.4 is 0 Å². The van der Waals surface area contributed by atoms with Gasteiger partial charge in [-0.25, -0.2) is 4.98 Å². The van der Waals surface area contributed by atoms with Crippen LogP contribution in [0.5, 0.6) is 0 Å². The van der Waals surface area contributed by atoms with E-state index in [2.05, 4.69) is 9.72 Å². The summed E-state index contributed by atoms with van der Waals surface area (Å²) >= 11 is 0. The van der Waals surface area contributed by atoms with Gasteiger partial charge < -0.3 is 14.4 Å². The van der Waals surface area contributed by atoms with Crippen molar-refractivity contribution in [2.75, 3.05) is 7.11 Å². The van der Waals surface area contributed by atoms with Gasteiger partial charge >= 0.3 is 5.97 Å². The minimum atomic E-state index is -0.194. The molecule has 0 amide bonds. The van der Waals surface area contributed by atoms with Crippen LogP contribution in [0.1, 0.15) is 23.2 Å². The summed E-state index contributed by atoms with van der Waals surface area (Å²) in [5.74, 6) is -0.194. The molecule has 0 aliphatic heterocycles. The molecule has 0 unspecified atom stereocenters. The fourth-order valence-electron chi connectivity index (χ4n) is 1.98. The fraction of sp³-hybridized carbons (Fsp3) is 0.333. The molecule has 0 aliphatic rings. The Morgan fingerprint density at radius 1 is 1.30 bits per heavy atom. The second kappa shape index (κ2) is 6.86. The molecule has 0 spiro atoms. The van der Waals surface area contributed by atoms with Crippen LogP contribution in [0.15, 0.2) is 36.8 Å². The zero-order valence-electron chi connectivity index (χ0n) is 11.5. The van der Waals surface area contributed by atoms with Gasteiger partial charge in [0, 0.05) is 13.0 Å². The maximum Gasteiger partial charge on any atom is 0.305 e. The third kappa shape index (κ3) is 3.68. The predicted octanol–water partition coefficient (Wildman–Crippen LogP) is 1.53. The van der Waals surface area contributed by atoms with E-state index in [1.54, 1.807) is 12.5 Å². The van der Waals surface area contributed by atoms with Crippen LogP contribution in [0.3, 0.4) is 0 Å². The number of ether oxygens (including phenoxy) is 1. The van der Waals surface area contributed by atoms with Gasteiger partial charge in [-0.1, -0.05) is 24.3 Å². The van der Waals surface area contributed by atoms with E-state index in [9.17, 15) is 9.90 Å². The molecule has 5 heteroatoms. The molecule has 106 valence electrons. The van der Waals surface area contributed by atoms with Crippen molar-refractivity contribution in [2.45, 2.75) is 26.0 Å². The number of rotatable bonds is 6. The Hall–Kier alpha value is -2.14. The summed E-state index contributed by atoms with van der Waals surface area (Å²) in [6, 6.07) is 8.06. The molecule has 5 nitrogen and oxygen atoms in total. The number of esters is 1. The molecule has 0 saturated heterocycles. The molecular formula is C15H18N2O3. The van der Waals surface area contributed by atoms with Gasteiger partial charge in [0.2, 0.25) is 0 Å². The fourth-order valence-corrected chi connectivity index (χ4v) is 1.98. The number of hydrogen-bond acceptors (Lipinski definition) is 4. The number of carbonyl (C=O) groups is 1. The molecule has 0 bridgehead atoms. The smallest absolute Gasteiger partial charge is 0.305 e. The lowest BCUT2D eigenvalue weighted by Gasteiger charge is -2.07. The van der Waals surface area contributed by atoms with Crippen molar-refractivity contribution in [1.82, 2.24) is 9.55 Å². The minimum Gasteiger partial charge on any atom is -0.469 e. The molecule has 0 saturated carbocycles. The van der Waals surface area contributed by atoms with Crippen molar-refractivity contribution < 1.29 is 14.6 Å². The van der Waals surface area contributed by atoms with Gasteiger partial charge in [-0.3, -0.25) is 4.79 Å². The Morgan fingerprint density at radius 3 is 2.65 bits per heavy atom. The monoisotopic (exact) mass is 274 g/mol. The summed E-state index contributed by atoms with van der Waals surface area (Å²) in [6.45, 7) is 0.657. The maximum absolute atomic E-state index is 11.1. The number of methoxy groups -OCH3 is 1. The minimum absolute atomic E-state index is 0.0167. The molecule has 20 heavy (non-hydrogen) atoms. The van der Waals surface area contributed by atoms with E-state index in [4.69, 9.17) is 0 Å². The SMILES string of the molecule is COC(=O)CCc1ccc(Cn2cncc2CO)cc1. The zero-order valence-corrected chi connectivity index (χ0v) is 11.5. The van der Waals surface area contributed by atoms with Gasteiger partial charge in [0.1, 0.15) is 0 Å². The van der Waals surface area contributed by atoms with Crippen molar-refractivity contribution in [3.63, 3.8) is 0 Å². The second-order valence-corrected chi connectivity index (χ2v) is 4.56.